The number of hydrogen-bond donors (Lipinski definition) is 2. The number of nitrogens with one attached hydrogen (secondary N) is 2. The molecule has 2 fully saturated rings. The molecule has 0 bridgehead atoms. The number of rotatable bonds is 7. The second-order valence-electron chi connectivity index (χ2n) is 8.18. The van der Waals surface area contributed by atoms with E-state index in [4.69, 9.17) is 26.9 Å². The molecule has 2 saturated heterocycles. The molecule has 1 aromatic heterocycles. The Balaban J connectivity index is 1.74. The van der Waals surface area contributed by atoms with E-state index in [9.17, 15) is 0 Å². The second kappa shape index (κ2) is 10.2. The molecule has 3 rings (SSSR count). The Hall–Kier alpha value is -1.67. The number of methoxy groups -OCH3 is 1. The molecule has 0 aromatic carbocycles. The van der Waals surface area contributed by atoms with Crippen LogP contribution in [-0.4, -0.2) is 61.5 Å². The van der Waals surface area contributed by atoms with Crippen LogP contribution in [0.4, 0.5) is 17.6 Å². The van der Waals surface area contributed by atoms with E-state index in [1.807, 2.05) is 0 Å². The van der Waals surface area contributed by atoms with Crippen molar-refractivity contribution < 1.29 is 4.74 Å². The first kappa shape index (κ1) is 21.0. The van der Waals surface area contributed by atoms with Crippen molar-refractivity contribution in [3.05, 3.63) is 6.07 Å². The molecule has 0 amide bonds. The van der Waals surface area contributed by atoms with Crippen LogP contribution in [0.1, 0.15) is 39.5 Å². The first-order chi connectivity index (χ1) is 13.5. The molecule has 2 N–H and O–H groups in total. The molecular weight excluding hydrogens is 372 g/mol. The Morgan fingerprint density at radius 3 is 2.43 bits per heavy atom. The number of hydrogen-bond acceptors (Lipinski definition) is 6. The van der Waals surface area contributed by atoms with Crippen LogP contribution in [0.2, 0.25) is 0 Å². The van der Waals surface area contributed by atoms with Crippen LogP contribution in [0.15, 0.2) is 6.07 Å². The van der Waals surface area contributed by atoms with Gasteiger partial charge in [-0.1, -0.05) is 13.8 Å². The Kier molecular flexibility index (Phi) is 7.67. The van der Waals surface area contributed by atoms with Gasteiger partial charge in [-0.25, -0.2) is 0 Å². The van der Waals surface area contributed by atoms with Gasteiger partial charge in [0.1, 0.15) is 11.6 Å². The highest BCUT2D eigenvalue weighted by Gasteiger charge is 2.25. The number of ether oxygens (including phenoxy) is 1. The fourth-order valence-corrected chi connectivity index (χ4v) is 4.36. The lowest BCUT2D eigenvalue weighted by Gasteiger charge is -2.36. The summed E-state index contributed by atoms with van der Waals surface area (Å²) in [6.45, 7) is 10.3. The lowest BCUT2D eigenvalue weighted by Crippen LogP contribution is -2.39. The van der Waals surface area contributed by atoms with Gasteiger partial charge in [-0.2, -0.15) is 9.97 Å². The van der Waals surface area contributed by atoms with Gasteiger partial charge in [-0.15, -0.1) is 0 Å². The molecule has 3 heterocycles. The largest absolute Gasteiger partial charge is 0.385 e. The normalized spacial score (nSPS) is 22.4. The third-order valence-electron chi connectivity index (χ3n) is 5.36. The number of aromatic nitrogens is 2. The van der Waals surface area contributed by atoms with E-state index in [2.05, 4.69) is 40.3 Å². The van der Waals surface area contributed by atoms with Crippen molar-refractivity contribution in [3.63, 3.8) is 0 Å². The van der Waals surface area contributed by atoms with E-state index >= 15 is 0 Å². The van der Waals surface area contributed by atoms with Gasteiger partial charge in [-0.3, -0.25) is 0 Å². The highest BCUT2D eigenvalue weighted by atomic mass is 32.1. The topological polar surface area (TPSA) is 65.6 Å². The zero-order valence-electron chi connectivity index (χ0n) is 17.4. The molecule has 0 unspecified atom stereocenters. The molecular formula is C20H34N6OS. The van der Waals surface area contributed by atoms with E-state index in [-0.39, 0.29) is 0 Å². The summed E-state index contributed by atoms with van der Waals surface area (Å²) >= 11 is 5.43. The van der Waals surface area contributed by atoms with E-state index in [1.165, 1.54) is 19.3 Å². The van der Waals surface area contributed by atoms with Crippen LogP contribution in [-0.2, 0) is 4.74 Å². The molecule has 8 heteroatoms. The molecule has 2 aliphatic heterocycles. The third kappa shape index (κ3) is 5.91. The van der Waals surface area contributed by atoms with Crippen molar-refractivity contribution in [2.45, 2.75) is 39.5 Å². The predicted molar refractivity (Wildman–Crippen MR) is 119 cm³/mol. The maximum atomic E-state index is 5.43. The van der Waals surface area contributed by atoms with Crippen molar-refractivity contribution in [3.8, 4) is 0 Å². The summed E-state index contributed by atoms with van der Waals surface area (Å²) in [5.74, 6) is 3.93. The highest BCUT2D eigenvalue weighted by molar-refractivity contribution is 7.80. The van der Waals surface area contributed by atoms with Crippen LogP contribution in [0.5, 0.6) is 0 Å². The summed E-state index contributed by atoms with van der Waals surface area (Å²) in [7, 11) is 1.71. The quantitative estimate of drug-likeness (QED) is 0.529. The molecule has 2 atom stereocenters. The summed E-state index contributed by atoms with van der Waals surface area (Å²) < 4.78 is 5.08. The first-order valence-electron chi connectivity index (χ1n) is 10.5. The van der Waals surface area contributed by atoms with Gasteiger partial charge in [0, 0.05) is 52.5 Å². The fraction of sp³-hybridized carbons (Fsp3) is 0.750. The second-order valence-corrected chi connectivity index (χ2v) is 8.59. The first-order valence-corrected chi connectivity index (χ1v) is 10.9. The molecule has 1 aromatic rings. The standard InChI is InChI=1S/C20H34N6OS/c1-15-11-16(2)14-26(13-15)18-12-17(25-8-4-5-9-25)22-19(23-18)24-20(28)21-7-6-10-27-3/h12,15-16H,4-11,13-14H2,1-3H3,(H2,21,22,23,24,28)/t15-,16+. The SMILES string of the molecule is COCCCNC(=S)Nc1nc(N2CCCC2)cc(N2C[C@H](C)C[C@H](C)C2)n1. The Morgan fingerprint density at radius 1 is 1.14 bits per heavy atom. The molecule has 28 heavy (non-hydrogen) atoms. The van der Waals surface area contributed by atoms with Gasteiger partial charge in [0.05, 0.1) is 0 Å². The third-order valence-corrected chi connectivity index (χ3v) is 5.60. The van der Waals surface area contributed by atoms with Crippen LogP contribution in [0.25, 0.3) is 0 Å². The lowest BCUT2D eigenvalue weighted by molar-refractivity contribution is 0.196. The Bertz CT molecular complexity index is 642. The minimum absolute atomic E-state index is 0.556. The van der Waals surface area contributed by atoms with E-state index < -0.39 is 0 Å². The number of thiocarbonyl (C=S) groups is 1. The summed E-state index contributed by atoms with van der Waals surface area (Å²) in [4.78, 5) is 14.3. The van der Waals surface area contributed by atoms with Gasteiger partial charge in [-0.05, 0) is 49.7 Å². The highest BCUT2D eigenvalue weighted by Crippen LogP contribution is 2.29. The van der Waals surface area contributed by atoms with Crippen molar-refractivity contribution in [1.82, 2.24) is 15.3 Å². The van der Waals surface area contributed by atoms with Crippen LogP contribution < -0.4 is 20.4 Å². The molecule has 2 aliphatic rings. The summed E-state index contributed by atoms with van der Waals surface area (Å²) in [6, 6.07) is 2.15. The van der Waals surface area contributed by atoms with Crippen LogP contribution >= 0.6 is 12.2 Å². The Labute approximate surface area is 174 Å². The Morgan fingerprint density at radius 2 is 1.79 bits per heavy atom. The molecule has 0 radical (unpaired) electrons. The minimum Gasteiger partial charge on any atom is -0.385 e. The summed E-state index contributed by atoms with van der Waals surface area (Å²) in [5, 5.41) is 6.95. The van der Waals surface area contributed by atoms with Gasteiger partial charge in [0.15, 0.2) is 5.11 Å². The van der Waals surface area contributed by atoms with Crippen molar-refractivity contribution in [1.29, 1.82) is 0 Å². The molecule has 0 aliphatic carbocycles. The number of piperidine rings is 1. The average Bonchev–Trinajstić information content (AvgIpc) is 3.19. The van der Waals surface area contributed by atoms with E-state index in [0.717, 1.165) is 50.8 Å². The van der Waals surface area contributed by atoms with Gasteiger partial charge >= 0.3 is 0 Å². The van der Waals surface area contributed by atoms with Gasteiger partial charge in [0.25, 0.3) is 0 Å². The zero-order valence-corrected chi connectivity index (χ0v) is 18.2. The van der Waals surface area contributed by atoms with Crippen molar-refractivity contribution >= 4 is 34.9 Å². The summed E-state index contributed by atoms with van der Waals surface area (Å²) in [6.07, 6.45) is 4.63. The van der Waals surface area contributed by atoms with Crippen molar-refractivity contribution in [2.24, 2.45) is 11.8 Å². The van der Waals surface area contributed by atoms with E-state index in [1.54, 1.807) is 7.11 Å². The zero-order chi connectivity index (χ0) is 19.9. The number of nitrogens with zero attached hydrogens (tertiary/aromatic N) is 4. The average molecular weight is 407 g/mol. The minimum atomic E-state index is 0.556. The van der Waals surface area contributed by atoms with Crippen molar-refractivity contribution in [2.75, 3.05) is 61.6 Å². The fourth-order valence-electron chi connectivity index (χ4n) is 4.16. The van der Waals surface area contributed by atoms with Gasteiger partial charge in [0.2, 0.25) is 5.95 Å². The van der Waals surface area contributed by atoms with Crippen LogP contribution in [0.3, 0.4) is 0 Å². The lowest BCUT2D eigenvalue weighted by atomic mass is 9.92. The summed E-state index contributed by atoms with van der Waals surface area (Å²) in [5.41, 5.74) is 0. The predicted octanol–water partition coefficient (Wildman–Crippen LogP) is 2.88. The van der Waals surface area contributed by atoms with E-state index in [0.29, 0.717) is 29.5 Å². The molecule has 156 valence electrons. The number of anilines is 3. The molecule has 0 saturated carbocycles. The van der Waals surface area contributed by atoms with Crippen LogP contribution in [0, 0.1) is 11.8 Å². The van der Waals surface area contributed by atoms with Gasteiger partial charge < -0.3 is 25.2 Å². The maximum absolute atomic E-state index is 5.43. The smallest absolute Gasteiger partial charge is 0.232 e. The maximum Gasteiger partial charge on any atom is 0.232 e. The molecule has 0 spiro atoms. The molecule has 7 nitrogen and oxygen atoms in total. The monoisotopic (exact) mass is 406 g/mol.